The van der Waals surface area contributed by atoms with Crippen molar-refractivity contribution in [2.24, 2.45) is 0 Å². The van der Waals surface area contributed by atoms with Crippen molar-refractivity contribution in [2.75, 3.05) is 7.11 Å². The fourth-order valence-electron chi connectivity index (χ4n) is 1.55. The molecule has 0 spiro atoms. The quantitative estimate of drug-likeness (QED) is 0.697. The number of allylic oxidation sites excluding steroid dienone is 1. The molecule has 1 fully saturated rings. The van der Waals surface area contributed by atoms with Crippen molar-refractivity contribution in [1.82, 2.24) is 0 Å². The molecule has 0 heterocycles. The van der Waals surface area contributed by atoms with Crippen LogP contribution >= 0.6 is 0 Å². The first kappa shape index (κ1) is 9.25. The van der Waals surface area contributed by atoms with E-state index in [1.54, 1.807) is 7.11 Å². The lowest BCUT2D eigenvalue weighted by atomic mass is 9.91. The van der Waals surface area contributed by atoms with Crippen molar-refractivity contribution in [1.29, 1.82) is 0 Å². The monoisotopic (exact) mass is 192 g/mol. The molecule has 0 bridgehead atoms. The molecule has 1 aliphatic carbocycles. The molecule has 0 radical (unpaired) electrons. The molecule has 0 N–H and O–H groups in total. The SMILES string of the molecule is COc1cc(F)cc(C=C2CCC2)c1. The van der Waals surface area contributed by atoms with Crippen LogP contribution in [-0.4, -0.2) is 7.11 Å². The Morgan fingerprint density at radius 1 is 1.29 bits per heavy atom. The van der Waals surface area contributed by atoms with Gasteiger partial charge in [-0.25, -0.2) is 4.39 Å². The third kappa shape index (κ3) is 1.95. The Morgan fingerprint density at radius 3 is 2.64 bits per heavy atom. The molecule has 0 atom stereocenters. The summed E-state index contributed by atoms with van der Waals surface area (Å²) in [7, 11) is 1.55. The van der Waals surface area contributed by atoms with Gasteiger partial charge in [0.15, 0.2) is 0 Å². The molecule has 14 heavy (non-hydrogen) atoms. The zero-order valence-corrected chi connectivity index (χ0v) is 8.22. The Morgan fingerprint density at radius 2 is 2.07 bits per heavy atom. The average Bonchev–Trinajstić information content (AvgIpc) is 2.10. The molecule has 0 saturated heterocycles. The summed E-state index contributed by atoms with van der Waals surface area (Å²) in [4.78, 5) is 0. The van der Waals surface area contributed by atoms with E-state index in [0.29, 0.717) is 5.75 Å². The highest BCUT2D eigenvalue weighted by Crippen LogP contribution is 2.28. The van der Waals surface area contributed by atoms with Crippen LogP contribution in [0.25, 0.3) is 6.08 Å². The first-order chi connectivity index (χ1) is 6.78. The number of methoxy groups -OCH3 is 1. The highest BCUT2D eigenvalue weighted by atomic mass is 19.1. The van der Waals surface area contributed by atoms with E-state index in [1.807, 2.05) is 6.07 Å². The highest BCUT2D eigenvalue weighted by Gasteiger charge is 2.08. The molecule has 1 saturated carbocycles. The van der Waals surface area contributed by atoms with Gasteiger partial charge in [-0.3, -0.25) is 0 Å². The summed E-state index contributed by atoms with van der Waals surface area (Å²) >= 11 is 0. The minimum absolute atomic E-state index is 0.240. The van der Waals surface area contributed by atoms with E-state index in [4.69, 9.17) is 4.74 Å². The summed E-state index contributed by atoms with van der Waals surface area (Å²) < 4.78 is 18.1. The van der Waals surface area contributed by atoms with Crippen LogP contribution in [0, 0.1) is 5.82 Å². The Balaban J connectivity index is 2.28. The van der Waals surface area contributed by atoms with Gasteiger partial charge < -0.3 is 4.74 Å². The van der Waals surface area contributed by atoms with Gasteiger partial charge in [0.25, 0.3) is 0 Å². The highest BCUT2D eigenvalue weighted by molar-refractivity contribution is 5.56. The second kappa shape index (κ2) is 3.82. The zero-order chi connectivity index (χ0) is 9.97. The minimum atomic E-state index is -0.240. The molecule has 0 aliphatic heterocycles. The van der Waals surface area contributed by atoms with Gasteiger partial charge in [-0.05, 0) is 37.0 Å². The summed E-state index contributed by atoms with van der Waals surface area (Å²) in [5.74, 6) is 0.340. The summed E-state index contributed by atoms with van der Waals surface area (Å²) in [5.41, 5.74) is 2.30. The van der Waals surface area contributed by atoms with Gasteiger partial charge in [-0.1, -0.05) is 11.6 Å². The van der Waals surface area contributed by atoms with E-state index in [-0.39, 0.29) is 5.82 Å². The lowest BCUT2D eigenvalue weighted by molar-refractivity contribution is 0.411. The number of ether oxygens (including phenoxy) is 1. The van der Waals surface area contributed by atoms with Gasteiger partial charge in [0.2, 0.25) is 0 Å². The van der Waals surface area contributed by atoms with Crippen LogP contribution in [0.3, 0.4) is 0 Å². The van der Waals surface area contributed by atoms with Crippen LogP contribution in [0.5, 0.6) is 5.75 Å². The van der Waals surface area contributed by atoms with Crippen molar-refractivity contribution in [3.63, 3.8) is 0 Å². The molecule has 1 aliphatic rings. The first-order valence-electron chi connectivity index (χ1n) is 4.82. The van der Waals surface area contributed by atoms with Crippen LogP contribution in [0.2, 0.25) is 0 Å². The van der Waals surface area contributed by atoms with Crippen LogP contribution in [0.15, 0.2) is 23.8 Å². The van der Waals surface area contributed by atoms with Gasteiger partial charge in [-0.2, -0.15) is 0 Å². The number of halogens is 1. The van der Waals surface area contributed by atoms with E-state index >= 15 is 0 Å². The molecule has 74 valence electrons. The normalized spacial score (nSPS) is 14.9. The standard InChI is InChI=1S/C12H13FO/c1-14-12-7-10(6-11(13)8-12)5-9-3-2-4-9/h5-8H,2-4H2,1H3. The van der Waals surface area contributed by atoms with Crippen LogP contribution in [0.1, 0.15) is 24.8 Å². The maximum Gasteiger partial charge on any atom is 0.127 e. The average molecular weight is 192 g/mol. The van der Waals surface area contributed by atoms with E-state index in [0.717, 1.165) is 18.4 Å². The molecular weight excluding hydrogens is 179 g/mol. The Hall–Kier alpha value is -1.31. The van der Waals surface area contributed by atoms with E-state index in [9.17, 15) is 4.39 Å². The molecule has 0 amide bonds. The van der Waals surface area contributed by atoms with Crippen molar-refractivity contribution in [2.45, 2.75) is 19.3 Å². The molecule has 0 aromatic heterocycles. The second-order valence-electron chi connectivity index (χ2n) is 3.58. The van der Waals surface area contributed by atoms with Gasteiger partial charge in [0, 0.05) is 6.07 Å². The van der Waals surface area contributed by atoms with Gasteiger partial charge >= 0.3 is 0 Å². The lowest BCUT2D eigenvalue weighted by Gasteiger charge is -2.16. The third-order valence-corrected chi connectivity index (χ3v) is 2.50. The summed E-state index contributed by atoms with van der Waals surface area (Å²) in [6, 6.07) is 4.78. The van der Waals surface area contributed by atoms with Crippen LogP contribution in [-0.2, 0) is 0 Å². The van der Waals surface area contributed by atoms with Crippen molar-refractivity contribution in [3.05, 3.63) is 35.2 Å². The molecular formula is C12H13FO. The fourth-order valence-corrected chi connectivity index (χ4v) is 1.55. The number of hydrogen-bond acceptors (Lipinski definition) is 1. The molecule has 1 aromatic carbocycles. The van der Waals surface area contributed by atoms with Crippen molar-refractivity contribution >= 4 is 6.08 Å². The largest absolute Gasteiger partial charge is 0.497 e. The number of rotatable bonds is 2. The van der Waals surface area contributed by atoms with Gasteiger partial charge in [-0.15, -0.1) is 0 Å². The Labute approximate surface area is 83.2 Å². The Kier molecular flexibility index (Phi) is 2.53. The van der Waals surface area contributed by atoms with E-state index in [1.165, 1.54) is 24.1 Å². The smallest absolute Gasteiger partial charge is 0.127 e. The summed E-state index contributed by atoms with van der Waals surface area (Å²) in [6.07, 6.45) is 5.62. The maximum atomic E-state index is 13.1. The minimum Gasteiger partial charge on any atom is -0.497 e. The molecule has 2 heteroatoms. The van der Waals surface area contributed by atoms with E-state index < -0.39 is 0 Å². The molecule has 1 aromatic rings. The Bertz CT molecular complexity index is 363. The van der Waals surface area contributed by atoms with Gasteiger partial charge in [0.1, 0.15) is 11.6 Å². The zero-order valence-electron chi connectivity index (χ0n) is 8.22. The molecule has 1 nitrogen and oxygen atoms in total. The summed E-state index contributed by atoms with van der Waals surface area (Å²) in [6.45, 7) is 0. The maximum absolute atomic E-state index is 13.1. The van der Waals surface area contributed by atoms with Gasteiger partial charge in [0.05, 0.1) is 7.11 Å². The number of benzene rings is 1. The fraction of sp³-hybridized carbons (Fsp3) is 0.333. The second-order valence-corrected chi connectivity index (χ2v) is 3.58. The van der Waals surface area contributed by atoms with E-state index in [2.05, 4.69) is 6.08 Å². The summed E-state index contributed by atoms with van der Waals surface area (Å²) in [5, 5.41) is 0. The predicted octanol–water partition coefficient (Wildman–Crippen LogP) is 3.40. The third-order valence-electron chi connectivity index (χ3n) is 2.50. The molecule has 2 rings (SSSR count). The first-order valence-corrected chi connectivity index (χ1v) is 4.82. The number of hydrogen-bond donors (Lipinski definition) is 0. The molecule has 0 unspecified atom stereocenters. The topological polar surface area (TPSA) is 9.23 Å². The van der Waals surface area contributed by atoms with Crippen molar-refractivity contribution in [3.8, 4) is 5.75 Å². The van der Waals surface area contributed by atoms with Crippen molar-refractivity contribution < 1.29 is 9.13 Å². The van der Waals surface area contributed by atoms with Crippen LogP contribution in [0.4, 0.5) is 4.39 Å². The van der Waals surface area contributed by atoms with Crippen LogP contribution < -0.4 is 4.74 Å². The predicted molar refractivity (Wildman–Crippen MR) is 54.8 cm³/mol. The lowest BCUT2D eigenvalue weighted by Crippen LogP contribution is -1.96.